The molecule has 0 aliphatic carbocycles. The van der Waals surface area contributed by atoms with Gasteiger partial charge in [0, 0.05) is 13.1 Å². The minimum absolute atomic E-state index is 0.224. The molecule has 0 amide bonds. The highest BCUT2D eigenvalue weighted by molar-refractivity contribution is 6.32. The number of hydrogen-bond acceptors (Lipinski definition) is 4. The summed E-state index contributed by atoms with van der Waals surface area (Å²) in [6.07, 6.45) is 3.73. The maximum atomic E-state index is 11.6. The van der Waals surface area contributed by atoms with E-state index in [1.54, 1.807) is 13.2 Å². The van der Waals surface area contributed by atoms with Crippen molar-refractivity contribution in [3.05, 3.63) is 21.6 Å². The van der Waals surface area contributed by atoms with Crippen LogP contribution in [0.5, 0.6) is 0 Å². The maximum Gasteiger partial charge on any atom is 0.287 e. The normalized spacial score (nSPS) is 18.3. The molecule has 0 aromatic carbocycles. The summed E-state index contributed by atoms with van der Waals surface area (Å²) in [7, 11) is 3.70. The van der Waals surface area contributed by atoms with Crippen molar-refractivity contribution in [2.24, 2.45) is 7.05 Å². The van der Waals surface area contributed by atoms with Gasteiger partial charge in [-0.15, -0.1) is 0 Å². The zero-order valence-electron chi connectivity index (χ0n) is 10.1. The van der Waals surface area contributed by atoms with Crippen LogP contribution in [0.4, 0.5) is 5.69 Å². The predicted octanol–water partition coefficient (Wildman–Crippen LogP) is 0.940. The van der Waals surface area contributed by atoms with E-state index in [9.17, 15) is 4.79 Å². The van der Waals surface area contributed by atoms with Crippen LogP contribution in [-0.4, -0.2) is 40.9 Å². The lowest BCUT2D eigenvalue weighted by Gasteiger charge is -2.30. The molecule has 0 spiro atoms. The van der Waals surface area contributed by atoms with Gasteiger partial charge in [0.1, 0.15) is 5.02 Å². The summed E-state index contributed by atoms with van der Waals surface area (Å²) < 4.78 is 1.24. The smallest absolute Gasteiger partial charge is 0.287 e. The molecule has 94 valence electrons. The van der Waals surface area contributed by atoms with Gasteiger partial charge in [0.25, 0.3) is 5.56 Å². The number of hydrogen-bond donors (Lipinski definition) is 1. The summed E-state index contributed by atoms with van der Waals surface area (Å²) in [6, 6.07) is 0.373. The van der Waals surface area contributed by atoms with E-state index in [1.165, 1.54) is 4.68 Å². The number of aromatic nitrogens is 2. The quantitative estimate of drug-likeness (QED) is 0.856. The van der Waals surface area contributed by atoms with Crippen molar-refractivity contribution in [2.45, 2.75) is 18.9 Å². The summed E-state index contributed by atoms with van der Waals surface area (Å²) in [6.45, 7) is 2.13. The molecule has 17 heavy (non-hydrogen) atoms. The Kier molecular flexibility index (Phi) is 3.69. The van der Waals surface area contributed by atoms with E-state index in [-0.39, 0.29) is 10.6 Å². The molecule has 1 saturated heterocycles. The monoisotopic (exact) mass is 256 g/mol. The Hall–Kier alpha value is -1.07. The second kappa shape index (κ2) is 5.06. The van der Waals surface area contributed by atoms with Gasteiger partial charge >= 0.3 is 0 Å². The molecular weight excluding hydrogens is 240 g/mol. The molecule has 0 radical (unpaired) electrons. The average Bonchev–Trinajstić information content (AvgIpc) is 2.33. The molecule has 0 bridgehead atoms. The zero-order chi connectivity index (χ0) is 12.4. The van der Waals surface area contributed by atoms with Crippen molar-refractivity contribution < 1.29 is 0 Å². The first-order chi connectivity index (χ1) is 8.08. The summed E-state index contributed by atoms with van der Waals surface area (Å²) in [5, 5.41) is 7.49. The average molecular weight is 257 g/mol. The van der Waals surface area contributed by atoms with Crippen LogP contribution < -0.4 is 10.9 Å². The van der Waals surface area contributed by atoms with E-state index in [2.05, 4.69) is 22.4 Å². The Morgan fingerprint density at radius 1 is 1.41 bits per heavy atom. The minimum Gasteiger partial charge on any atom is -0.380 e. The lowest BCUT2D eigenvalue weighted by molar-refractivity contribution is 0.264. The highest BCUT2D eigenvalue weighted by atomic mass is 35.5. The molecule has 1 aliphatic heterocycles. The van der Waals surface area contributed by atoms with Crippen LogP contribution in [0.25, 0.3) is 0 Å². The van der Waals surface area contributed by atoms with Crippen LogP contribution in [0, 0.1) is 0 Å². The van der Waals surface area contributed by atoms with Crippen molar-refractivity contribution in [3.63, 3.8) is 0 Å². The standard InChI is InChI=1S/C11H17ClN4O/c1-15-5-3-8(4-6-15)14-9-7-13-16(2)11(17)10(9)12/h7-8,14H,3-6H2,1-2H3. The molecule has 1 aromatic heterocycles. The molecule has 1 aromatic rings. The number of nitrogens with zero attached hydrogens (tertiary/aromatic N) is 3. The van der Waals surface area contributed by atoms with E-state index in [0.717, 1.165) is 25.9 Å². The van der Waals surface area contributed by atoms with Gasteiger partial charge in [-0.25, -0.2) is 4.68 Å². The molecular formula is C11H17ClN4O. The summed E-state index contributed by atoms with van der Waals surface area (Å²) >= 11 is 6.00. The SMILES string of the molecule is CN1CCC(Nc2cnn(C)c(=O)c2Cl)CC1. The Labute approximate surface area is 105 Å². The third-order valence-electron chi connectivity index (χ3n) is 3.16. The van der Waals surface area contributed by atoms with Gasteiger partial charge in [-0.3, -0.25) is 4.79 Å². The molecule has 0 atom stereocenters. The van der Waals surface area contributed by atoms with Crippen molar-refractivity contribution in [1.29, 1.82) is 0 Å². The first kappa shape index (κ1) is 12.4. The number of anilines is 1. The van der Waals surface area contributed by atoms with E-state index >= 15 is 0 Å². The molecule has 1 aliphatic rings. The molecule has 6 heteroatoms. The van der Waals surface area contributed by atoms with Crippen LogP contribution in [0.1, 0.15) is 12.8 Å². The number of rotatable bonds is 2. The van der Waals surface area contributed by atoms with Gasteiger partial charge in [0.05, 0.1) is 11.9 Å². The fourth-order valence-electron chi connectivity index (χ4n) is 1.98. The molecule has 2 heterocycles. The maximum absolute atomic E-state index is 11.6. The predicted molar refractivity (Wildman–Crippen MR) is 68.6 cm³/mol. The molecule has 0 unspecified atom stereocenters. The summed E-state index contributed by atoms with van der Waals surface area (Å²) in [4.78, 5) is 13.9. The minimum atomic E-state index is -0.260. The van der Waals surface area contributed by atoms with Gasteiger partial charge in [-0.2, -0.15) is 5.10 Å². The van der Waals surface area contributed by atoms with Gasteiger partial charge < -0.3 is 10.2 Å². The van der Waals surface area contributed by atoms with Crippen molar-refractivity contribution in [2.75, 3.05) is 25.5 Å². The number of aryl methyl sites for hydroxylation is 1. The number of nitrogens with one attached hydrogen (secondary N) is 1. The number of likely N-dealkylation sites (tertiary alicyclic amines) is 1. The molecule has 1 fully saturated rings. The van der Waals surface area contributed by atoms with Crippen molar-refractivity contribution >= 4 is 17.3 Å². The van der Waals surface area contributed by atoms with Crippen LogP contribution in [-0.2, 0) is 7.05 Å². The largest absolute Gasteiger partial charge is 0.380 e. The van der Waals surface area contributed by atoms with Gasteiger partial charge in [-0.05, 0) is 33.0 Å². The first-order valence-electron chi connectivity index (χ1n) is 5.75. The van der Waals surface area contributed by atoms with Gasteiger partial charge in [-0.1, -0.05) is 11.6 Å². The Balaban J connectivity index is 2.09. The molecule has 1 N–H and O–H groups in total. The highest BCUT2D eigenvalue weighted by Crippen LogP contribution is 2.19. The Bertz CT molecular complexity index is 451. The van der Waals surface area contributed by atoms with Crippen LogP contribution in [0.2, 0.25) is 5.02 Å². The van der Waals surface area contributed by atoms with Crippen LogP contribution in [0.3, 0.4) is 0 Å². The third kappa shape index (κ3) is 2.79. The van der Waals surface area contributed by atoms with Crippen LogP contribution in [0.15, 0.2) is 11.0 Å². The Morgan fingerprint density at radius 3 is 2.71 bits per heavy atom. The third-order valence-corrected chi connectivity index (χ3v) is 3.52. The molecule has 0 saturated carbocycles. The van der Waals surface area contributed by atoms with Crippen molar-refractivity contribution in [3.8, 4) is 0 Å². The van der Waals surface area contributed by atoms with E-state index < -0.39 is 0 Å². The van der Waals surface area contributed by atoms with E-state index in [0.29, 0.717) is 11.7 Å². The fourth-order valence-corrected chi connectivity index (χ4v) is 2.21. The number of halogens is 1. The van der Waals surface area contributed by atoms with Gasteiger partial charge in [0.2, 0.25) is 0 Å². The second-order valence-corrected chi connectivity index (χ2v) is 4.90. The first-order valence-corrected chi connectivity index (χ1v) is 6.12. The Morgan fingerprint density at radius 2 is 2.06 bits per heavy atom. The lowest BCUT2D eigenvalue weighted by atomic mass is 10.1. The number of piperidine rings is 1. The van der Waals surface area contributed by atoms with E-state index in [4.69, 9.17) is 11.6 Å². The lowest BCUT2D eigenvalue weighted by Crippen LogP contribution is -2.37. The van der Waals surface area contributed by atoms with Crippen LogP contribution >= 0.6 is 11.6 Å². The highest BCUT2D eigenvalue weighted by Gasteiger charge is 2.18. The van der Waals surface area contributed by atoms with E-state index in [1.807, 2.05) is 0 Å². The molecule has 5 nitrogen and oxygen atoms in total. The van der Waals surface area contributed by atoms with Gasteiger partial charge in [0.15, 0.2) is 0 Å². The van der Waals surface area contributed by atoms with Crippen molar-refractivity contribution in [1.82, 2.24) is 14.7 Å². The second-order valence-electron chi connectivity index (χ2n) is 4.52. The zero-order valence-corrected chi connectivity index (χ0v) is 10.9. The summed E-state index contributed by atoms with van der Waals surface area (Å²) in [5.41, 5.74) is 0.383. The molecule has 2 rings (SSSR count). The summed E-state index contributed by atoms with van der Waals surface area (Å²) in [5.74, 6) is 0. The fraction of sp³-hybridized carbons (Fsp3) is 0.636. The topological polar surface area (TPSA) is 50.2 Å².